The van der Waals surface area contributed by atoms with Crippen molar-refractivity contribution in [2.45, 2.75) is 32.1 Å². The minimum Gasteiger partial charge on any atom is -0.296 e. The Morgan fingerprint density at radius 3 is 3.20 bits per heavy atom. The van der Waals surface area contributed by atoms with Gasteiger partial charge >= 0.3 is 0 Å². The van der Waals surface area contributed by atoms with Crippen LogP contribution < -0.4 is 4.90 Å². The molecule has 1 N–H and O–H groups in total. The summed E-state index contributed by atoms with van der Waals surface area (Å²) in [5.41, 5.74) is 1.12. The fraction of sp³-hybridized carbons (Fsp3) is 0.462. The molecule has 0 aliphatic carbocycles. The summed E-state index contributed by atoms with van der Waals surface area (Å²) < 4.78 is 0. The van der Waals surface area contributed by atoms with Gasteiger partial charge in [-0.25, -0.2) is 4.98 Å². The van der Waals surface area contributed by atoms with Gasteiger partial charge in [0.05, 0.1) is 0 Å². The van der Waals surface area contributed by atoms with E-state index in [-0.39, 0.29) is 11.8 Å². The first kappa shape index (κ1) is 12.7. The first-order valence-electron chi connectivity index (χ1n) is 6.80. The van der Waals surface area contributed by atoms with E-state index in [2.05, 4.69) is 25.6 Å². The number of hydrogen-bond donors (Lipinski definition) is 1. The maximum Gasteiger partial charge on any atom is 0.239 e. The maximum atomic E-state index is 12.8. The summed E-state index contributed by atoms with van der Waals surface area (Å²) in [7, 11) is 0. The molecule has 1 amide bonds. The van der Waals surface area contributed by atoms with Gasteiger partial charge in [-0.1, -0.05) is 24.6 Å². The molecule has 0 spiro atoms. The molecule has 1 aliphatic rings. The van der Waals surface area contributed by atoms with Gasteiger partial charge in [0.25, 0.3) is 0 Å². The molecule has 3 heterocycles. The van der Waals surface area contributed by atoms with Crippen LogP contribution in [0.4, 0.5) is 5.82 Å². The number of hydrogen-bond acceptors (Lipinski definition) is 5. The van der Waals surface area contributed by atoms with E-state index < -0.39 is 0 Å². The summed E-state index contributed by atoms with van der Waals surface area (Å²) in [4.78, 5) is 18.8. The molecule has 7 nitrogen and oxygen atoms in total. The number of carbonyl (C=O) groups excluding carboxylic acids is 1. The van der Waals surface area contributed by atoms with Crippen molar-refractivity contribution in [1.29, 1.82) is 0 Å². The third-order valence-electron chi connectivity index (χ3n) is 3.54. The average Bonchev–Trinajstić information content (AvgIpc) is 3.13. The highest BCUT2D eigenvalue weighted by Gasteiger charge is 2.33. The predicted molar refractivity (Wildman–Crippen MR) is 72.1 cm³/mol. The van der Waals surface area contributed by atoms with Gasteiger partial charge in [-0.15, -0.1) is 10.2 Å². The Bertz CT molecular complexity index is 591. The summed E-state index contributed by atoms with van der Waals surface area (Å²) in [6.07, 6.45) is 4.15. The molecule has 20 heavy (non-hydrogen) atoms. The number of H-pyrrole nitrogens is 1. The number of amides is 1. The van der Waals surface area contributed by atoms with Crippen molar-refractivity contribution in [2.24, 2.45) is 0 Å². The van der Waals surface area contributed by atoms with E-state index in [0.29, 0.717) is 18.8 Å². The molecule has 0 bridgehead atoms. The second-order valence-corrected chi connectivity index (χ2v) is 4.84. The lowest BCUT2D eigenvalue weighted by atomic mass is 10.0. The maximum absolute atomic E-state index is 12.8. The van der Waals surface area contributed by atoms with Crippen molar-refractivity contribution in [3.05, 3.63) is 29.7 Å². The van der Waals surface area contributed by atoms with E-state index in [9.17, 15) is 4.79 Å². The Morgan fingerprint density at radius 2 is 2.45 bits per heavy atom. The lowest BCUT2D eigenvalue weighted by Gasteiger charge is -2.21. The van der Waals surface area contributed by atoms with Crippen molar-refractivity contribution in [3.63, 3.8) is 0 Å². The van der Waals surface area contributed by atoms with Crippen LogP contribution in [0.3, 0.4) is 0 Å². The summed E-state index contributed by atoms with van der Waals surface area (Å²) in [6.45, 7) is 2.71. The fourth-order valence-corrected chi connectivity index (χ4v) is 2.58. The van der Waals surface area contributed by atoms with Gasteiger partial charge in [0, 0.05) is 12.7 Å². The van der Waals surface area contributed by atoms with Gasteiger partial charge in [0.1, 0.15) is 11.7 Å². The van der Waals surface area contributed by atoms with Crippen molar-refractivity contribution in [1.82, 2.24) is 25.6 Å². The first-order chi connectivity index (χ1) is 9.81. The number of fused-ring (bicyclic) bond motifs is 1. The van der Waals surface area contributed by atoms with Gasteiger partial charge in [0.2, 0.25) is 5.91 Å². The standard InChI is InChI=1S/C13H16N6O/c1-2-4-10(11-15-17-18-16-11)13(20)19-8-6-9-5-3-7-14-12(9)19/h3,5,7,10H,2,4,6,8H2,1H3,(H,15,16,17,18). The molecule has 3 rings (SSSR count). The van der Waals surface area contributed by atoms with Crippen LogP contribution >= 0.6 is 0 Å². The van der Waals surface area contributed by atoms with Crippen LogP contribution in [0.5, 0.6) is 0 Å². The van der Waals surface area contributed by atoms with E-state index in [1.807, 2.05) is 19.1 Å². The van der Waals surface area contributed by atoms with E-state index in [4.69, 9.17) is 0 Å². The topological polar surface area (TPSA) is 87.7 Å². The average molecular weight is 272 g/mol. The zero-order valence-corrected chi connectivity index (χ0v) is 11.3. The van der Waals surface area contributed by atoms with E-state index in [1.165, 1.54) is 0 Å². The summed E-state index contributed by atoms with van der Waals surface area (Å²) in [5.74, 6) is 0.876. The SMILES string of the molecule is CCCC(C(=O)N1CCc2cccnc21)c1nn[nH]n1. The number of rotatable bonds is 4. The number of nitrogens with one attached hydrogen (secondary N) is 1. The Morgan fingerprint density at radius 1 is 1.55 bits per heavy atom. The number of aromatic amines is 1. The van der Waals surface area contributed by atoms with Gasteiger partial charge in [-0.3, -0.25) is 9.69 Å². The second-order valence-electron chi connectivity index (χ2n) is 4.84. The zero-order chi connectivity index (χ0) is 13.9. The molecule has 1 unspecified atom stereocenters. The number of carbonyl (C=O) groups is 1. The van der Waals surface area contributed by atoms with E-state index in [1.54, 1.807) is 11.1 Å². The Hall–Kier alpha value is -2.31. The third-order valence-corrected chi connectivity index (χ3v) is 3.54. The summed E-state index contributed by atoms with van der Waals surface area (Å²) in [6, 6.07) is 3.91. The predicted octanol–water partition coefficient (Wildman–Crippen LogP) is 1.07. The largest absolute Gasteiger partial charge is 0.296 e. The van der Waals surface area contributed by atoms with Gasteiger partial charge in [-0.2, -0.15) is 5.21 Å². The van der Waals surface area contributed by atoms with E-state index in [0.717, 1.165) is 24.2 Å². The molecule has 104 valence electrons. The zero-order valence-electron chi connectivity index (χ0n) is 11.3. The highest BCUT2D eigenvalue weighted by atomic mass is 16.2. The second kappa shape index (κ2) is 5.36. The van der Waals surface area contributed by atoms with Crippen molar-refractivity contribution >= 4 is 11.7 Å². The normalized spacial score (nSPS) is 15.2. The molecular weight excluding hydrogens is 256 g/mol. The molecule has 1 atom stereocenters. The minimum absolute atomic E-state index is 0.00528. The van der Waals surface area contributed by atoms with Crippen molar-refractivity contribution < 1.29 is 4.79 Å². The monoisotopic (exact) mass is 272 g/mol. The van der Waals surface area contributed by atoms with Gasteiger partial charge in [-0.05, 0) is 24.5 Å². The summed E-state index contributed by atoms with van der Waals surface area (Å²) >= 11 is 0. The van der Waals surface area contributed by atoms with Crippen LogP contribution in [0, 0.1) is 0 Å². The van der Waals surface area contributed by atoms with Gasteiger partial charge < -0.3 is 0 Å². The Balaban J connectivity index is 1.88. The number of anilines is 1. The quantitative estimate of drug-likeness (QED) is 0.899. The highest BCUT2D eigenvalue weighted by molar-refractivity contribution is 5.98. The van der Waals surface area contributed by atoms with Crippen LogP contribution in [0.25, 0.3) is 0 Å². The molecule has 2 aromatic heterocycles. The Labute approximate surface area is 116 Å². The number of pyridine rings is 1. The lowest BCUT2D eigenvalue weighted by Crippen LogP contribution is -2.34. The third kappa shape index (κ3) is 2.15. The molecular formula is C13H16N6O. The molecule has 0 fully saturated rings. The Kier molecular flexibility index (Phi) is 3.41. The summed E-state index contributed by atoms with van der Waals surface area (Å²) in [5, 5.41) is 13.9. The molecule has 7 heteroatoms. The minimum atomic E-state index is -0.355. The molecule has 0 aromatic carbocycles. The van der Waals surface area contributed by atoms with E-state index >= 15 is 0 Å². The molecule has 0 saturated heterocycles. The van der Waals surface area contributed by atoms with Crippen molar-refractivity contribution in [3.8, 4) is 0 Å². The smallest absolute Gasteiger partial charge is 0.239 e. The van der Waals surface area contributed by atoms with Crippen LogP contribution in [-0.4, -0.2) is 38.1 Å². The fourth-order valence-electron chi connectivity index (χ4n) is 2.58. The molecule has 0 saturated carbocycles. The molecule has 0 radical (unpaired) electrons. The lowest BCUT2D eigenvalue weighted by molar-refractivity contribution is -0.120. The van der Waals surface area contributed by atoms with Crippen LogP contribution in [0.1, 0.15) is 37.1 Å². The van der Waals surface area contributed by atoms with Gasteiger partial charge in [0.15, 0.2) is 5.82 Å². The molecule has 1 aliphatic heterocycles. The van der Waals surface area contributed by atoms with Crippen molar-refractivity contribution in [2.75, 3.05) is 11.4 Å². The van der Waals surface area contributed by atoms with Crippen LogP contribution in [0.15, 0.2) is 18.3 Å². The molecule has 2 aromatic rings. The first-order valence-corrected chi connectivity index (χ1v) is 6.80. The van der Waals surface area contributed by atoms with Crippen LogP contribution in [0.2, 0.25) is 0 Å². The highest BCUT2D eigenvalue weighted by Crippen LogP contribution is 2.29. The number of tetrazole rings is 1. The number of nitrogens with zero attached hydrogens (tertiary/aromatic N) is 5. The van der Waals surface area contributed by atoms with Crippen LogP contribution in [-0.2, 0) is 11.2 Å². The number of aromatic nitrogens is 5.